The molecule has 27 heavy (non-hydrogen) atoms. The average Bonchev–Trinajstić information content (AvgIpc) is 3.27. The van der Waals surface area contributed by atoms with Gasteiger partial charge in [-0.2, -0.15) is 5.10 Å². The Hall–Kier alpha value is -2.54. The van der Waals surface area contributed by atoms with Gasteiger partial charge >= 0.3 is 6.03 Å². The molecular formula is C20H28N4O3. The van der Waals surface area contributed by atoms with Gasteiger partial charge in [-0.1, -0.05) is 12.1 Å². The first-order chi connectivity index (χ1) is 13.1. The van der Waals surface area contributed by atoms with Crippen molar-refractivity contribution in [1.82, 2.24) is 15.1 Å². The maximum absolute atomic E-state index is 12.4. The summed E-state index contributed by atoms with van der Waals surface area (Å²) >= 11 is 0. The third-order valence-electron chi connectivity index (χ3n) is 4.84. The van der Waals surface area contributed by atoms with Gasteiger partial charge in [0.15, 0.2) is 0 Å². The lowest BCUT2D eigenvalue weighted by molar-refractivity contribution is 0.0682. The van der Waals surface area contributed by atoms with Gasteiger partial charge in [-0.05, 0) is 45.7 Å². The van der Waals surface area contributed by atoms with Gasteiger partial charge in [-0.15, -0.1) is 0 Å². The number of hydrogen-bond acceptors (Lipinski definition) is 4. The van der Waals surface area contributed by atoms with Crippen molar-refractivity contribution < 1.29 is 14.3 Å². The van der Waals surface area contributed by atoms with Crippen LogP contribution in [0.1, 0.15) is 36.7 Å². The molecule has 2 amide bonds. The molecule has 0 unspecified atom stereocenters. The molecule has 2 aromatic rings. The molecule has 0 radical (unpaired) electrons. The number of carbonyl (C=O) groups excluding carboxylic acids is 1. The highest BCUT2D eigenvalue weighted by molar-refractivity contribution is 5.90. The molecule has 7 heteroatoms. The van der Waals surface area contributed by atoms with Crippen molar-refractivity contribution in [3.63, 3.8) is 0 Å². The van der Waals surface area contributed by atoms with Crippen LogP contribution in [0.25, 0.3) is 0 Å². The molecule has 3 rings (SSSR count). The van der Waals surface area contributed by atoms with E-state index in [2.05, 4.69) is 22.7 Å². The van der Waals surface area contributed by atoms with Gasteiger partial charge in [0.1, 0.15) is 12.4 Å². The van der Waals surface area contributed by atoms with Gasteiger partial charge < -0.3 is 20.1 Å². The van der Waals surface area contributed by atoms with Crippen molar-refractivity contribution in [2.45, 2.75) is 52.8 Å². The van der Waals surface area contributed by atoms with Crippen LogP contribution in [0.3, 0.4) is 0 Å². The molecule has 1 aromatic heterocycles. The molecular weight excluding hydrogens is 344 g/mol. The van der Waals surface area contributed by atoms with E-state index >= 15 is 0 Å². The van der Waals surface area contributed by atoms with Gasteiger partial charge in [-0.25, -0.2) is 4.79 Å². The molecule has 0 bridgehead atoms. The average molecular weight is 372 g/mol. The number of ether oxygens (including phenoxy) is 2. The van der Waals surface area contributed by atoms with E-state index in [-0.39, 0.29) is 12.1 Å². The molecule has 1 aliphatic rings. The highest BCUT2D eigenvalue weighted by Gasteiger charge is 2.17. The Bertz CT molecular complexity index is 782. The summed E-state index contributed by atoms with van der Waals surface area (Å²) < 4.78 is 13.4. The number of rotatable bonds is 7. The SMILES string of the molecule is CCn1nc(C)c(CNC(=O)Nc2ccccc2OC[C@H]2CCCO2)c1C. The second-order valence-electron chi connectivity index (χ2n) is 6.72. The van der Waals surface area contributed by atoms with Crippen molar-refractivity contribution >= 4 is 11.7 Å². The number of para-hydroxylation sites is 2. The predicted octanol–water partition coefficient (Wildman–Crippen LogP) is 3.40. The van der Waals surface area contributed by atoms with E-state index in [0.29, 0.717) is 24.6 Å². The number of nitrogens with one attached hydrogen (secondary N) is 2. The Labute approximate surface area is 160 Å². The first kappa shape index (κ1) is 19.2. The third kappa shape index (κ3) is 4.80. The quantitative estimate of drug-likeness (QED) is 0.781. The molecule has 1 aliphatic heterocycles. The van der Waals surface area contributed by atoms with Crippen LogP contribution in [0, 0.1) is 13.8 Å². The van der Waals surface area contributed by atoms with E-state index in [9.17, 15) is 4.79 Å². The van der Waals surface area contributed by atoms with E-state index < -0.39 is 0 Å². The number of anilines is 1. The minimum Gasteiger partial charge on any atom is -0.489 e. The second kappa shape index (κ2) is 8.90. The number of aromatic nitrogens is 2. The number of urea groups is 1. The lowest BCUT2D eigenvalue weighted by Crippen LogP contribution is -2.29. The van der Waals surface area contributed by atoms with E-state index in [4.69, 9.17) is 9.47 Å². The number of benzene rings is 1. The van der Waals surface area contributed by atoms with Crippen LogP contribution in [-0.4, -0.2) is 35.1 Å². The minimum absolute atomic E-state index is 0.132. The van der Waals surface area contributed by atoms with Gasteiger partial charge in [0.25, 0.3) is 0 Å². The smallest absolute Gasteiger partial charge is 0.319 e. The van der Waals surface area contributed by atoms with Crippen LogP contribution in [-0.2, 0) is 17.8 Å². The fourth-order valence-corrected chi connectivity index (χ4v) is 3.29. The van der Waals surface area contributed by atoms with E-state index in [1.807, 2.05) is 42.8 Å². The monoisotopic (exact) mass is 372 g/mol. The van der Waals surface area contributed by atoms with Crippen molar-refractivity contribution in [2.24, 2.45) is 0 Å². The Morgan fingerprint density at radius 2 is 2.19 bits per heavy atom. The summed E-state index contributed by atoms with van der Waals surface area (Å²) in [4.78, 5) is 12.4. The van der Waals surface area contributed by atoms with Crippen LogP contribution < -0.4 is 15.4 Å². The number of nitrogens with zero attached hydrogens (tertiary/aromatic N) is 2. The molecule has 1 aromatic carbocycles. The summed E-state index contributed by atoms with van der Waals surface area (Å²) in [6, 6.07) is 7.17. The summed E-state index contributed by atoms with van der Waals surface area (Å²) in [5.74, 6) is 0.648. The van der Waals surface area contributed by atoms with Gasteiger partial charge in [0.2, 0.25) is 0 Å². The highest BCUT2D eigenvalue weighted by Crippen LogP contribution is 2.25. The fraction of sp³-hybridized carbons (Fsp3) is 0.500. The highest BCUT2D eigenvalue weighted by atomic mass is 16.5. The molecule has 7 nitrogen and oxygen atoms in total. The molecule has 1 fully saturated rings. The molecule has 146 valence electrons. The number of amides is 2. The zero-order valence-corrected chi connectivity index (χ0v) is 16.2. The van der Waals surface area contributed by atoms with Crippen molar-refractivity contribution in [2.75, 3.05) is 18.5 Å². The van der Waals surface area contributed by atoms with Crippen LogP contribution >= 0.6 is 0 Å². The van der Waals surface area contributed by atoms with Crippen molar-refractivity contribution in [3.8, 4) is 5.75 Å². The fourth-order valence-electron chi connectivity index (χ4n) is 3.29. The van der Waals surface area contributed by atoms with Crippen LogP contribution in [0.2, 0.25) is 0 Å². The molecule has 0 spiro atoms. The molecule has 0 saturated carbocycles. The number of hydrogen-bond donors (Lipinski definition) is 2. The van der Waals surface area contributed by atoms with E-state index in [0.717, 1.165) is 42.9 Å². The van der Waals surface area contributed by atoms with E-state index in [1.54, 1.807) is 0 Å². The first-order valence-corrected chi connectivity index (χ1v) is 9.49. The topological polar surface area (TPSA) is 77.4 Å². The molecule has 2 heterocycles. The van der Waals surface area contributed by atoms with Gasteiger partial charge in [-0.3, -0.25) is 4.68 Å². The normalized spacial score (nSPS) is 16.3. The standard InChI is InChI=1S/C20H28N4O3/c1-4-24-15(3)17(14(2)23-24)12-21-20(25)22-18-9-5-6-10-19(18)27-13-16-8-7-11-26-16/h5-6,9-10,16H,4,7-8,11-13H2,1-3H3,(H2,21,22,25)/t16-/m1/s1. The van der Waals surface area contributed by atoms with E-state index in [1.165, 1.54) is 0 Å². The Morgan fingerprint density at radius 1 is 1.37 bits per heavy atom. The van der Waals surface area contributed by atoms with Crippen LogP contribution in [0.5, 0.6) is 5.75 Å². The zero-order chi connectivity index (χ0) is 19.2. The zero-order valence-electron chi connectivity index (χ0n) is 16.2. The lowest BCUT2D eigenvalue weighted by Gasteiger charge is -2.15. The maximum atomic E-state index is 12.4. The Balaban J connectivity index is 1.57. The van der Waals surface area contributed by atoms with Crippen molar-refractivity contribution in [3.05, 3.63) is 41.2 Å². The summed E-state index contributed by atoms with van der Waals surface area (Å²) in [7, 11) is 0. The molecule has 0 aliphatic carbocycles. The third-order valence-corrected chi connectivity index (χ3v) is 4.84. The van der Waals surface area contributed by atoms with Gasteiger partial charge in [0, 0.05) is 31.0 Å². The largest absolute Gasteiger partial charge is 0.489 e. The Kier molecular flexibility index (Phi) is 6.34. The summed E-state index contributed by atoms with van der Waals surface area (Å²) in [5, 5.41) is 10.3. The van der Waals surface area contributed by atoms with Crippen molar-refractivity contribution in [1.29, 1.82) is 0 Å². The van der Waals surface area contributed by atoms with Crippen LogP contribution in [0.15, 0.2) is 24.3 Å². The van der Waals surface area contributed by atoms with Crippen LogP contribution in [0.4, 0.5) is 10.5 Å². The second-order valence-corrected chi connectivity index (χ2v) is 6.72. The molecule has 2 N–H and O–H groups in total. The maximum Gasteiger partial charge on any atom is 0.319 e. The summed E-state index contributed by atoms with van der Waals surface area (Å²) in [5.41, 5.74) is 3.71. The van der Waals surface area contributed by atoms with Gasteiger partial charge in [0.05, 0.1) is 17.5 Å². The summed E-state index contributed by atoms with van der Waals surface area (Å²) in [6.07, 6.45) is 2.22. The lowest BCUT2D eigenvalue weighted by atomic mass is 10.2. The first-order valence-electron chi connectivity index (χ1n) is 9.49. The minimum atomic E-state index is -0.272. The number of carbonyl (C=O) groups is 1. The predicted molar refractivity (Wildman–Crippen MR) is 104 cm³/mol. The Morgan fingerprint density at radius 3 is 2.89 bits per heavy atom. The number of aryl methyl sites for hydroxylation is 2. The molecule has 1 saturated heterocycles. The molecule has 1 atom stereocenters. The summed E-state index contributed by atoms with van der Waals surface area (Å²) in [6.45, 7) is 8.57.